The maximum Gasteiger partial charge on any atom is 0.335 e. The van der Waals surface area contributed by atoms with Crippen LogP contribution in [0.25, 0.3) is 0 Å². The van der Waals surface area contributed by atoms with Crippen LogP contribution in [0, 0.1) is 5.82 Å². The minimum absolute atomic E-state index is 0.102. The van der Waals surface area contributed by atoms with Gasteiger partial charge in [0.15, 0.2) is 5.17 Å². The van der Waals surface area contributed by atoms with Crippen LogP contribution in [-0.2, 0) is 16.1 Å². The van der Waals surface area contributed by atoms with Crippen molar-refractivity contribution in [2.45, 2.75) is 18.2 Å². The number of halogens is 1. The number of carboxylic acids is 1. The molecule has 0 aromatic heterocycles. The van der Waals surface area contributed by atoms with Gasteiger partial charge in [-0.25, -0.2) is 14.2 Å². The first kappa shape index (κ1) is 24.9. The van der Waals surface area contributed by atoms with Gasteiger partial charge in [0.1, 0.15) is 16.8 Å². The Bertz CT molecular complexity index is 1290. The number of carboxylic acid groups (broad SMARTS) is 1. The van der Waals surface area contributed by atoms with Gasteiger partial charge in [0.05, 0.1) is 24.9 Å². The number of nitrogens with zero attached hydrogens (tertiary/aromatic N) is 2. The highest BCUT2D eigenvalue weighted by Gasteiger charge is 2.39. The standard InChI is InChI=1S/C26H22FN3O5S/c1-35-21-12-2-16(3-13-21)15-30-24(32)22(36-26(30)29-20-10-6-18(27)7-11-20)14-23(31)28-19-8-4-17(5-9-19)25(33)34/h2-13,22H,14-15H2,1H3,(H,28,31)(H,33,34)/t22-/m1/s1. The molecule has 4 rings (SSSR count). The summed E-state index contributed by atoms with van der Waals surface area (Å²) < 4.78 is 18.5. The van der Waals surface area contributed by atoms with E-state index in [0.29, 0.717) is 22.3 Å². The van der Waals surface area contributed by atoms with Crippen molar-refractivity contribution < 1.29 is 28.6 Å². The van der Waals surface area contributed by atoms with Gasteiger partial charge in [0, 0.05) is 12.1 Å². The lowest BCUT2D eigenvalue weighted by Gasteiger charge is -2.17. The summed E-state index contributed by atoms with van der Waals surface area (Å²) in [5.74, 6) is -1.43. The van der Waals surface area contributed by atoms with E-state index >= 15 is 0 Å². The maximum absolute atomic E-state index is 13.3. The van der Waals surface area contributed by atoms with Crippen molar-refractivity contribution in [1.29, 1.82) is 0 Å². The third-order valence-electron chi connectivity index (χ3n) is 5.36. The molecule has 0 saturated carbocycles. The number of thioether (sulfide) groups is 1. The van der Waals surface area contributed by atoms with E-state index in [-0.39, 0.29) is 24.4 Å². The van der Waals surface area contributed by atoms with Gasteiger partial charge in [-0.1, -0.05) is 23.9 Å². The zero-order chi connectivity index (χ0) is 25.7. The lowest BCUT2D eigenvalue weighted by Crippen LogP contribution is -2.33. The van der Waals surface area contributed by atoms with Crippen molar-refractivity contribution in [2.75, 3.05) is 12.4 Å². The highest BCUT2D eigenvalue weighted by molar-refractivity contribution is 8.15. The molecule has 0 bridgehead atoms. The molecule has 10 heteroatoms. The van der Waals surface area contributed by atoms with Gasteiger partial charge in [-0.3, -0.25) is 14.5 Å². The number of benzene rings is 3. The molecule has 2 amide bonds. The van der Waals surface area contributed by atoms with Crippen LogP contribution in [0.5, 0.6) is 5.75 Å². The highest BCUT2D eigenvalue weighted by Crippen LogP contribution is 2.33. The van der Waals surface area contributed by atoms with Crippen molar-refractivity contribution in [1.82, 2.24) is 4.90 Å². The topological polar surface area (TPSA) is 108 Å². The van der Waals surface area contributed by atoms with Gasteiger partial charge in [0.2, 0.25) is 11.8 Å². The van der Waals surface area contributed by atoms with Crippen LogP contribution in [0.2, 0.25) is 0 Å². The predicted octanol–water partition coefficient (Wildman–Crippen LogP) is 4.69. The number of hydrogen-bond donors (Lipinski definition) is 2. The summed E-state index contributed by atoms with van der Waals surface area (Å²) >= 11 is 1.17. The monoisotopic (exact) mass is 507 g/mol. The quantitative estimate of drug-likeness (QED) is 0.458. The molecule has 36 heavy (non-hydrogen) atoms. The maximum atomic E-state index is 13.3. The number of anilines is 1. The van der Waals surface area contributed by atoms with Crippen molar-refractivity contribution >= 4 is 46.1 Å². The van der Waals surface area contributed by atoms with Crippen LogP contribution in [-0.4, -0.2) is 45.3 Å². The summed E-state index contributed by atoms with van der Waals surface area (Å²) in [7, 11) is 1.57. The molecule has 1 fully saturated rings. The van der Waals surface area contributed by atoms with Crippen molar-refractivity contribution in [3.63, 3.8) is 0 Å². The normalized spacial score (nSPS) is 16.3. The lowest BCUT2D eigenvalue weighted by atomic mass is 10.2. The summed E-state index contributed by atoms with van der Waals surface area (Å²) in [4.78, 5) is 43.0. The van der Waals surface area contributed by atoms with E-state index in [2.05, 4.69) is 10.3 Å². The molecule has 2 N–H and O–H groups in total. The molecule has 1 aliphatic heterocycles. The second-order valence-electron chi connectivity index (χ2n) is 7.88. The molecule has 1 heterocycles. The number of aromatic carboxylic acids is 1. The molecule has 0 radical (unpaired) electrons. The number of rotatable bonds is 8. The van der Waals surface area contributed by atoms with E-state index in [1.807, 2.05) is 12.1 Å². The Morgan fingerprint density at radius 2 is 1.72 bits per heavy atom. The van der Waals surface area contributed by atoms with Crippen LogP contribution in [0.15, 0.2) is 77.8 Å². The first-order valence-corrected chi connectivity index (χ1v) is 11.8. The third-order valence-corrected chi connectivity index (χ3v) is 6.53. The number of carbonyl (C=O) groups excluding carboxylic acids is 2. The second-order valence-corrected chi connectivity index (χ2v) is 9.05. The molecular formula is C26H22FN3O5S. The smallest absolute Gasteiger partial charge is 0.335 e. The summed E-state index contributed by atoms with van der Waals surface area (Å²) in [5, 5.41) is 11.4. The Morgan fingerprint density at radius 3 is 2.33 bits per heavy atom. The fourth-order valence-corrected chi connectivity index (χ4v) is 4.64. The predicted molar refractivity (Wildman–Crippen MR) is 135 cm³/mol. The van der Waals surface area contributed by atoms with Crippen molar-refractivity contribution in [2.24, 2.45) is 4.99 Å². The second kappa shape index (κ2) is 11.0. The number of aliphatic imine (C=N–C) groups is 1. The minimum Gasteiger partial charge on any atom is -0.497 e. The van der Waals surface area contributed by atoms with Gasteiger partial charge >= 0.3 is 5.97 Å². The summed E-state index contributed by atoms with van der Waals surface area (Å²) in [6.45, 7) is 0.241. The van der Waals surface area contributed by atoms with Crippen LogP contribution < -0.4 is 10.1 Å². The zero-order valence-corrected chi connectivity index (χ0v) is 20.0. The van der Waals surface area contributed by atoms with Crippen molar-refractivity contribution in [3.05, 3.63) is 89.7 Å². The van der Waals surface area contributed by atoms with Gasteiger partial charge in [0.25, 0.3) is 0 Å². The van der Waals surface area contributed by atoms with Crippen molar-refractivity contribution in [3.8, 4) is 5.75 Å². The summed E-state index contributed by atoms with van der Waals surface area (Å²) in [6.07, 6.45) is -0.105. The molecule has 8 nitrogen and oxygen atoms in total. The number of methoxy groups -OCH3 is 1. The Labute approximate surface area is 210 Å². The number of amidine groups is 1. The molecule has 3 aromatic carbocycles. The molecular weight excluding hydrogens is 485 g/mol. The van der Waals surface area contributed by atoms with Crippen LogP contribution in [0.4, 0.5) is 15.8 Å². The Kier molecular flexibility index (Phi) is 7.65. The molecule has 0 spiro atoms. The van der Waals surface area contributed by atoms with E-state index in [1.165, 1.54) is 65.2 Å². The minimum atomic E-state index is -1.06. The van der Waals surface area contributed by atoms with E-state index in [0.717, 1.165) is 5.56 Å². The van der Waals surface area contributed by atoms with E-state index in [4.69, 9.17) is 9.84 Å². The first-order chi connectivity index (χ1) is 17.3. The molecule has 0 aliphatic carbocycles. The van der Waals surface area contributed by atoms with E-state index in [9.17, 15) is 18.8 Å². The van der Waals surface area contributed by atoms with Crippen LogP contribution in [0.1, 0.15) is 22.3 Å². The fourth-order valence-electron chi connectivity index (χ4n) is 3.49. The summed E-state index contributed by atoms with van der Waals surface area (Å²) in [6, 6.07) is 18.6. The van der Waals surface area contributed by atoms with Gasteiger partial charge in [-0.15, -0.1) is 0 Å². The largest absolute Gasteiger partial charge is 0.497 e. The average Bonchev–Trinajstić information content (AvgIpc) is 3.14. The van der Waals surface area contributed by atoms with Gasteiger partial charge in [-0.2, -0.15) is 0 Å². The van der Waals surface area contributed by atoms with Gasteiger partial charge < -0.3 is 15.2 Å². The SMILES string of the molecule is COc1ccc(CN2C(=O)[C@@H](CC(=O)Nc3ccc(C(=O)O)cc3)SC2=Nc2ccc(F)cc2)cc1. The lowest BCUT2D eigenvalue weighted by molar-refractivity contribution is -0.128. The molecule has 1 aliphatic rings. The molecule has 1 saturated heterocycles. The molecule has 1 atom stereocenters. The number of nitrogens with one attached hydrogen (secondary N) is 1. The zero-order valence-electron chi connectivity index (χ0n) is 19.2. The van der Waals surface area contributed by atoms with Gasteiger partial charge in [-0.05, 0) is 66.2 Å². The van der Waals surface area contributed by atoms with E-state index in [1.54, 1.807) is 19.2 Å². The molecule has 3 aromatic rings. The highest BCUT2D eigenvalue weighted by atomic mass is 32.2. The number of amides is 2. The first-order valence-electron chi connectivity index (χ1n) is 10.9. The van der Waals surface area contributed by atoms with E-state index < -0.39 is 22.9 Å². The number of ether oxygens (including phenoxy) is 1. The van der Waals surface area contributed by atoms with Crippen LogP contribution in [0.3, 0.4) is 0 Å². The Balaban J connectivity index is 1.51. The third kappa shape index (κ3) is 6.08. The van der Waals surface area contributed by atoms with Crippen LogP contribution >= 0.6 is 11.8 Å². The Hall–Kier alpha value is -4.18. The summed E-state index contributed by atoms with van der Waals surface area (Å²) in [5.41, 5.74) is 1.86. The number of carbonyl (C=O) groups is 3. The number of hydrogen-bond acceptors (Lipinski definition) is 6. The average molecular weight is 508 g/mol. The molecule has 184 valence electrons. The fraction of sp³-hybridized carbons (Fsp3) is 0.154. The molecule has 0 unspecified atom stereocenters. The Morgan fingerprint density at radius 1 is 1.06 bits per heavy atom.